The van der Waals surface area contributed by atoms with Gasteiger partial charge in [-0.1, -0.05) is 0 Å². The smallest absolute Gasteiger partial charge is 0.408 e. The average Bonchev–Trinajstić information content (AvgIpc) is 2.25. The molecular weight excluding hydrogens is 264 g/mol. The molecule has 0 heterocycles. The fraction of sp³-hybridized carbons (Fsp3) is 0.750. The lowest BCUT2D eigenvalue weighted by molar-refractivity contribution is -0.127. The van der Waals surface area contributed by atoms with Crippen molar-refractivity contribution in [3.05, 3.63) is 0 Å². The molecule has 0 aliphatic rings. The highest BCUT2D eigenvalue weighted by atomic mass is 16.6. The third-order valence-corrected chi connectivity index (χ3v) is 2.09. The Bertz CT molecular complexity index is 352. The highest BCUT2D eigenvalue weighted by molar-refractivity contribution is 5.90. The number of rotatable bonds is 7. The monoisotopic (exact) mass is 288 g/mol. The van der Waals surface area contributed by atoms with E-state index in [0.29, 0.717) is 13.1 Å². The zero-order chi connectivity index (χ0) is 15.8. The number of ether oxygens (including phenoxy) is 1. The van der Waals surface area contributed by atoms with E-state index in [0.717, 1.165) is 0 Å². The number of amides is 3. The summed E-state index contributed by atoms with van der Waals surface area (Å²) in [5.74, 6) is -1.17. The normalized spacial score (nSPS) is 12.4. The number of carbonyl (C=O) groups is 3. The molecule has 0 aliphatic heterocycles. The minimum atomic E-state index is -1.04. The highest BCUT2D eigenvalue weighted by Crippen LogP contribution is 2.07. The fourth-order valence-corrected chi connectivity index (χ4v) is 1.29. The summed E-state index contributed by atoms with van der Waals surface area (Å²) in [6.07, 6.45) is -1.06. The molecule has 1 atom stereocenters. The van der Waals surface area contributed by atoms with E-state index in [9.17, 15) is 14.4 Å². The molecule has 20 heavy (non-hydrogen) atoms. The molecule has 8 heteroatoms. The summed E-state index contributed by atoms with van der Waals surface area (Å²) in [5.41, 5.74) is 4.38. The van der Waals surface area contributed by atoms with Crippen molar-refractivity contribution >= 4 is 17.9 Å². The van der Waals surface area contributed by atoms with Crippen LogP contribution in [0.25, 0.3) is 0 Å². The van der Waals surface area contributed by atoms with Crippen molar-refractivity contribution in [1.82, 2.24) is 16.0 Å². The van der Waals surface area contributed by atoms with Crippen molar-refractivity contribution in [2.24, 2.45) is 5.73 Å². The first-order valence-electron chi connectivity index (χ1n) is 6.36. The molecule has 0 aliphatic carbocycles. The van der Waals surface area contributed by atoms with Gasteiger partial charge in [-0.05, 0) is 27.8 Å². The van der Waals surface area contributed by atoms with Crippen LogP contribution in [-0.2, 0) is 14.3 Å². The maximum Gasteiger partial charge on any atom is 0.408 e. The van der Waals surface area contributed by atoms with Crippen LogP contribution in [0.3, 0.4) is 0 Å². The molecule has 8 nitrogen and oxygen atoms in total. The van der Waals surface area contributed by atoms with Crippen molar-refractivity contribution < 1.29 is 19.1 Å². The quantitative estimate of drug-likeness (QED) is 0.452. The van der Waals surface area contributed by atoms with Gasteiger partial charge >= 0.3 is 6.09 Å². The van der Waals surface area contributed by atoms with Crippen LogP contribution in [0.2, 0.25) is 0 Å². The zero-order valence-electron chi connectivity index (χ0n) is 12.4. The summed E-state index contributed by atoms with van der Waals surface area (Å²) in [5, 5.41) is 7.77. The predicted octanol–water partition coefficient (Wildman–Crippen LogP) is -0.909. The molecule has 0 spiro atoms. The molecule has 3 amide bonds. The van der Waals surface area contributed by atoms with Gasteiger partial charge in [-0.2, -0.15) is 0 Å². The van der Waals surface area contributed by atoms with Crippen molar-refractivity contribution in [2.45, 2.75) is 38.8 Å². The molecule has 0 fully saturated rings. The second-order valence-corrected chi connectivity index (χ2v) is 5.26. The Morgan fingerprint density at radius 1 is 1.20 bits per heavy atom. The van der Waals surface area contributed by atoms with Crippen molar-refractivity contribution in [3.63, 3.8) is 0 Å². The zero-order valence-corrected chi connectivity index (χ0v) is 12.4. The van der Waals surface area contributed by atoms with Gasteiger partial charge in [0.25, 0.3) is 0 Å². The van der Waals surface area contributed by atoms with Gasteiger partial charge in [0, 0.05) is 13.1 Å². The standard InChI is InChI=1S/C12H24N4O4/c1-12(2,3)20-11(19)16-8(7-9(13)17)10(18)15-6-5-14-4/h8,14H,5-7H2,1-4H3,(H2,13,17)(H,15,18)(H,16,19)/t8-/m0/s1. The number of likely N-dealkylation sites (N-methyl/N-ethyl adjacent to an activating group) is 1. The highest BCUT2D eigenvalue weighted by Gasteiger charge is 2.25. The summed E-state index contributed by atoms with van der Waals surface area (Å²) < 4.78 is 5.03. The largest absolute Gasteiger partial charge is 0.444 e. The van der Waals surface area contributed by atoms with Gasteiger partial charge in [-0.15, -0.1) is 0 Å². The summed E-state index contributed by atoms with van der Waals surface area (Å²) >= 11 is 0. The summed E-state index contributed by atoms with van der Waals surface area (Å²) in [6.45, 7) is 6.04. The lowest BCUT2D eigenvalue weighted by Crippen LogP contribution is -2.50. The number of hydrogen-bond acceptors (Lipinski definition) is 5. The average molecular weight is 288 g/mol. The summed E-state index contributed by atoms with van der Waals surface area (Å²) in [7, 11) is 1.74. The summed E-state index contributed by atoms with van der Waals surface area (Å²) in [4.78, 5) is 34.4. The molecule has 0 aromatic carbocycles. The minimum Gasteiger partial charge on any atom is -0.444 e. The van der Waals surface area contributed by atoms with E-state index in [4.69, 9.17) is 10.5 Å². The number of hydrogen-bond donors (Lipinski definition) is 4. The molecule has 0 rings (SSSR count). The van der Waals surface area contributed by atoms with Crippen LogP contribution < -0.4 is 21.7 Å². The van der Waals surface area contributed by atoms with Crippen LogP contribution in [0, 0.1) is 0 Å². The third kappa shape index (κ3) is 9.15. The molecule has 0 aromatic heterocycles. The fourth-order valence-electron chi connectivity index (χ4n) is 1.29. The predicted molar refractivity (Wildman–Crippen MR) is 73.9 cm³/mol. The van der Waals surface area contributed by atoms with Crippen LogP contribution in [0.5, 0.6) is 0 Å². The van der Waals surface area contributed by atoms with Gasteiger partial charge in [0.05, 0.1) is 6.42 Å². The van der Waals surface area contributed by atoms with Crippen molar-refractivity contribution in [1.29, 1.82) is 0 Å². The number of primary amides is 1. The van der Waals surface area contributed by atoms with Gasteiger partial charge in [0.2, 0.25) is 11.8 Å². The van der Waals surface area contributed by atoms with Crippen molar-refractivity contribution in [3.8, 4) is 0 Å². The van der Waals surface area contributed by atoms with E-state index >= 15 is 0 Å². The van der Waals surface area contributed by atoms with Crippen molar-refractivity contribution in [2.75, 3.05) is 20.1 Å². The number of alkyl carbamates (subject to hydrolysis) is 1. The van der Waals surface area contributed by atoms with E-state index in [1.54, 1.807) is 27.8 Å². The maximum absolute atomic E-state index is 11.8. The molecule has 0 saturated carbocycles. The van der Waals surface area contributed by atoms with E-state index in [1.165, 1.54) is 0 Å². The molecule has 0 radical (unpaired) electrons. The second-order valence-electron chi connectivity index (χ2n) is 5.26. The van der Waals surface area contributed by atoms with Gasteiger partial charge < -0.3 is 26.4 Å². The molecule has 0 aromatic rings. The van der Waals surface area contributed by atoms with Gasteiger partial charge in [-0.3, -0.25) is 9.59 Å². The summed E-state index contributed by atoms with van der Waals surface area (Å²) in [6, 6.07) is -1.04. The lowest BCUT2D eigenvalue weighted by atomic mass is 10.2. The number of carbonyl (C=O) groups excluding carboxylic acids is 3. The molecule has 5 N–H and O–H groups in total. The maximum atomic E-state index is 11.8. The van der Waals surface area contributed by atoms with Crippen LogP contribution in [0.1, 0.15) is 27.2 Å². The Balaban J connectivity index is 4.51. The third-order valence-electron chi connectivity index (χ3n) is 2.09. The Morgan fingerprint density at radius 2 is 1.80 bits per heavy atom. The first-order valence-corrected chi connectivity index (χ1v) is 6.36. The molecule has 0 unspecified atom stereocenters. The van der Waals surface area contributed by atoms with E-state index < -0.39 is 29.6 Å². The Kier molecular flexibility index (Phi) is 7.60. The second kappa shape index (κ2) is 8.36. The van der Waals surface area contributed by atoms with Crippen LogP contribution in [0.4, 0.5) is 4.79 Å². The Hall–Kier alpha value is -1.83. The Labute approximate surface area is 118 Å². The van der Waals surface area contributed by atoms with E-state index in [2.05, 4.69) is 16.0 Å². The molecule has 116 valence electrons. The van der Waals surface area contributed by atoms with Crippen LogP contribution in [-0.4, -0.2) is 49.7 Å². The first kappa shape index (κ1) is 18.2. The van der Waals surface area contributed by atoms with Crippen LogP contribution >= 0.6 is 0 Å². The Morgan fingerprint density at radius 3 is 2.25 bits per heavy atom. The van der Waals surface area contributed by atoms with E-state index in [-0.39, 0.29) is 6.42 Å². The van der Waals surface area contributed by atoms with E-state index in [1.807, 2.05) is 0 Å². The molecule has 0 bridgehead atoms. The molecule has 0 saturated heterocycles. The number of nitrogens with one attached hydrogen (secondary N) is 3. The van der Waals surface area contributed by atoms with Crippen LogP contribution in [0.15, 0.2) is 0 Å². The number of nitrogens with two attached hydrogens (primary N) is 1. The van der Waals surface area contributed by atoms with Gasteiger partial charge in [0.1, 0.15) is 11.6 Å². The van der Waals surface area contributed by atoms with Gasteiger partial charge in [0.15, 0.2) is 0 Å². The first-order chi connectivity index (χ1) is 9.15. The topological polar surface area (TPSA) is 123 Å². The molecular formula is C12H24N4O4. The SMILES string of the molecule is CNCCNC(=O)[C@H](CC(N)=O)NC(=O)OC(C)(C)C. The van der Waals surface area contributed by atoms with Gasteiger partial charge in [-0.25, -0.2) is 4.79 Å². The lowest BCUT2D eigenvalue weighted by Gasteiger charge is -2.22. The minimum absolute atomic E-state index is 0.287.